The number of methoxy groups -OCH3 is 1. The van der Waals surface area contributed by atoms with Gasteiger partial charge >= 0.3 is 5.51 Å². The molecule has 0 saturated carbocycles. The van der Waals surface area contributed by atoms with E-state index in [1.165, 1.54) is 32.4 Å². The average molecular weight is 291 g/mol. The summed E-state index contributed by atoms with van der Waals surface area (Å²) in [6, 6.07) is 0. The maximum absolute atomic E-state index is 10.7. The fourth-order valence-corrected chi connectivity index (χ4v) is 1.28. The van der Waals surface area contributed by atoms with Gasteiger partial charge in [-0.2, -0.15) is 13.2 Å². The van der Waals surface area contributed by atoms with E-state index >= 15 is 0 Å². The first kappa shape index (κ1) is 17.3. The Morgan fingerprint density at radius 3 is 2.06 bits per heavy atom. The van der Waals surface area contributed by atoms with Crippen LogP contribution in [-0.2, 0) is 14.9 Å². The van der Waals surface area contributed by atoms with Gasteiger partial charge in [-0.1, -0.05) is 0 Å². The van der Waals surface area contributed by atoms with Gasteiger partial charge in [-0.25, -0.2) is 13.0 Å². The van der Waals surface area contributed by atoms with Crippen molar-refractivity contribution in [2.24, 2.45) is 0 Å². The molecule has 18 heavy (non-hydrogen) atoms. The van der Waals surface area contributed by atoms with Crippen LogP contribution in [0.3, 0.4) is 0 Å². The summed E-state index contributed by atoms with van der Waals surface area (Å²) in [5.41, 5.74) is -5.65. The van der Waals surface area contributed by atoms with Crippen molar-refractivity contribution in [1.82, 2.24) is 0 Å². The molecule has 9 heteroatoms. The van der Waals surface area contributed by atoms with Crippen molar-refractivity contribution in [3.8, 4) is 0 Å². The topological polar surface area (TPSA) is 69.4 Å². The van der Waals surface area contributed by atoms with Crippen LogP contribution in [0.25, 0.3) is 0 Å². The lowest BCUT2D eigenvalue weighted by Crippen LogP contribution is -2.22. The molecular weight excluding hydrogens is 275 g/mol. The molecule has 108 valence electrons. The first-order valence-corrected chi connectivity index (χ1v) is 6.68. The van der Waals surface area contributed by atoms with Crippen molar-refractivity contribution in [1.29, 1.82) is 0 Å². The Labute approximate surface area is 104 Å². The maximum Gasteiger partial charge on any atom is 0.485 e. The third-order valence-electron chi connectivity index (χ3n) is 2.17. The van der Waals surface area contributed by atoms with Gasteiger partial charge in [0.1, 0.15) is 19.7 Å². The largest absolute Gasteiger partial charge is 0.741 e. The number of halogens is 3. The van der Waals surface area contributed by atoms with Crippen LogP contribution in [0.2, 0.25) is 0 Å². The second-order valence-corrected chi connectivity index (χ2v) is 5.01. The SMILES string of the molecule is COCC=[N+]1CCCCC1.O=S(=O)([O-])C(F)(F)F. The van der Waals surface area contributed by atoms with E-state index < -0.39 is 15.6 Å². The van der Waals surface area contributed by atoms with Gasteiger partial charge in [-0.05, 0) is 6.42 Å². The van der Waals surface area contributed by atoms with E-state index in [0.717, 1.165) is 6.61 Å². The molecule has 1 aliphatic heterocycles. The molecule has 1 heterocycles. The van der Waals surface area contributed by atoms with Crippen LogP contribution in [-0.4, -0.2) is 56.1 Å². The van der Waals surface area contributed by atoms with Crippen molar-refractivity contribution in [3.63, 3.8) is 0 Å². The summed E-state index contributed by atoms with van der Waals surface area (Å²) in [5.74, 6) is 0. The molecule has 0 spiro atoms. The first-order chi connectivity index (χ1) is 8.18. The fraction of sp³-hybridized carbons (Fsp3) is 0.889. The second-order valence-electron chi connectivity index (χ2n) is 3.63. The molecule has 0 aromatic heterocycles. The van der Waals surface area contributed by atoms with E-state index in [0.29, 0.717) is 0 Å². The van der Waals surface area contributed by atoms with Gasteiger partial charge in [0.2, 0.25) is 0 Å². The Morgan fingerprint density at radius 1 is 1.28 bits per heavy atom. The number of ether oxygens (including phenoxy) is 1. The summed E-state index contributed by atoms with van der Waals surface area (Å²) in [7, 11) is -4.35. The average Bonchev–Trinajstić information content (AvgIpc) is 2.26. The van der Waals surface area contributed by atoms with Crippen LogP contribution in [0.4, 0.5) is 13.2 Å². The Bertz CT molecular complexity index is 356. The van der Waals surface area contributed by atoms with Crippen LogP contribution in [0.1, 0.15) is 19.3 Å². The van der Waals surface area contributed by atoms with E-state index in [-0.39, 0.29) is 0 Å². The van der Waals surface area contributed by atoms with Gasteiger partial charge < -0.3 is 9.29 Å². The predicted molar refractivity (Wildman–Crippen MR) is 57.5 cm³/mol. The molecule has 0 aromatic carbocycles. The first-order valence-electron chi connectivity index (χ1n) is 5.27. The molecule has 0 N–H and O–H groups in total. The number of piperidine rings is 1. The standard InChI is InChI=1S/C8H16NO.CHF3O3S/c1-10-8-7-9-5-3-2-4-6-9;2-1(3,4)8(5,6)7/h7H,2-6,8H2,1H3;(H,5,6,7)/q+1;/p-1. The molecule has 0 radical (unpaired) electrons. The predicted octanol–water partition coefficient (Wildman–Crippen LogP) is 0.951. The zero-order valence-electron chi connectivity index (χ0n) is 9.94. The number of hydrogen-bond acceptors (Lipinski definition) is 4. The third-order valence-corrected chi connectivity index (χ3v) is 2.74. The summed E-state index contributed by atoms with van der Waals surface area (Å²) >= 11 is 0. The zero-order chi connectivity index (χ0) is 14.2. The van der Waals surface area contributed by atoms with Gasteiger partial charge in [0.25, 0.3) is 0 Å². The van der Waals surface area contributed by atoms with Crippen LogP contribution < -0.4 is 0 Å². The second kappa shape index (κ2) is 7.70. The highest BCUT2D eigenvalue weighted by molar-refractivity contribution is 7.86. The van der Waals surface area contributed by atoms with Gasteiger partial charge in [0.15, 0.2) is 16.3 Å². The van der Waals surface area contributed by atoms with Crippen LogP contribution in [0, 0.1) is 0 Å². The summed E-state index contributed by atoms with van der Waals surface area (Å²) in [5, 5.41) is 0. The molecule has 0 bridgehead atoms. The Morgan fingerprint density at radius 2 is 1.72 bits per heavy atom. The van der Waals surface area contributed by atoms with Crippen molar-refractivity contribution < 1.29 is 35.5 Å². The molecule has 1 rings (SSSR count). The molecule has 5 nitrogen and oxygen atoms in total. The van der Waals surface area contributed by atoms with E-state index in [2.05, 4.69) is 10.8 Å². The number of rotatable bonds is 2. The summed E-state index contributed by atoms with van der Waals surface area (Å²) in [6.45, 7) is 3.22. The Hall–Kier alpha value is -0.670. The maximum atomic E-state index is 10.7. The highest BCUT2D eigenvalue weighted by atomic mass is 32.2. The molecule has 0 unspecified atom stereocenters. The van der Waals surface area contributed by atoms with E-state index in [1.807, 2.05) is 0 Å². The molecule has 0 aromatic rings. The number of nitrogens with zero attached hydrogens (tertiary/aromatic N) is 1. The number of alkyl halides is 3. The van der Waals surface area contributed by atoms with Crippen LogP contribution in [0.5, 0.6) is 0 Å². The lowest BCUT2D eigenvalue weighted by Gasteiger charge is -2.08. The summed E-state index contributed by atoms with van der Waals surface area (Å²) in [4.78, 5) is 0. The molecule has 1 fully saturated rings. The normalized spacial score (nSPS) is 16.8. The zero-order valence-corrected chi connectivity index (χ0v) is 10.8. The van der Waals surface area contributed by atoms with E-state index in [1.54, 1.807) is 7.11 Å². The minimum atomic E-state index is -6.09. The lowest BCUT2D eigenvalue weighted by molar-refractivity contribution is -0.534. The Kier molecular flexibility index (Phi) is 7.41. The molecule has 0 amide bonds. The molecule has 1 aliphatic rings. The lowest BCUT2D eigenvalue weighted by atomic mass is 10.2. The third kappa shape index (κ3) is 7.62. The highest BCUT2D eigenvalue weighted by Crippen LogP contribution is 2.20. The number of hydrogen-bond donors (Lipinski definition) is 0. The van der Waals surface area contributed by atoms with Gasteiger partial charge in [0, 0.05) is 20.0 Å². The quantitative estimate of drug-likeness (QED) is 0.431. The van der Waals surface area contributed by atoms with Crippen molar-refractivity contribution in [2.75, 3.05) is 26.8 Å². The Balaban J connectivity index is 0.000000331. The van der Waals surface area contributed by atoms with Gasteiger partial charge in [0.05, 0.1) is 0 Å². The van der Waals surface area contributed by atoms with Gasteiger partial charge in [-0.3, -0.25) is 0 Å². The minimum Gasteiger partial charge on any atom is -0.741 e. The van der Waals surface area contributed by atoms with Gasteiger partial charge in [-0.15, -0.1) is 0 Å². The molecule has 0 atom stereocenters. The minimum absolute atomic E-state index is 0.764. The highest BCUT2D eigenvalue weighted by Gasteiger charge is 2.36. The van der Waals surface area contributed by atoms with Crippen molar-refractivity contribution in [3.05, 3.63) is 0 Å². The fourth-order valence-electron chi connectivity index (χ4n) is 1.28. The van der Waals surface area contributed by atoms with Crippen LogP contribution in [0.15, 0.2) is 0 Å². The van der Waals surface area contributed by atoms with E-state index in [9.17, 15) is 13.2 Å². The van der Waals surface area contributed by atoms with Crippen LogP contribution >= 0.6 is 0 Å². The van der Waals surface area contributed by atoms with Crippen molar-refractivity contribution in [2.45, 2.75) is 24.8 Å². The summed E-state index contributed by atoms with van der Waals surface area (Å²) < 4.78 is 66.2. The smallest absolute Gasteiger partial charge is 0.485 e. The van der Waals surface area contributed by atoms with Crippen molar-refractivity contribution >= 4 is 16.3 Å². The molecular formula is C9H16F3NO4S. The monoisotopic (exact) mass is 291 g/mol. The summed E-state index contributed by atoms with van der Waals surface area (Å²) in [6.07, 6.45) is 6.25. The van der Waals surface area contributed by atoms with E-state index in [4.69, 9.17) is 17.7 Å². The molecule has 1 saturated heterocycles. The molecule has 0 aliphatic carbocycles.